The molecule has 2 bridgehead atoms. The molecule has 132 valence electrons. The van der Waals surface area contributed by atoms with Crippen molar-refractivity contribution in [2.24, 2.45) is 10.8 Å². The molecule has 0 aromatic carbocycles. The smallest absolute Gasteiger partial charge is 0.454 e. The van der Waals surface area contributed by atoms with Crippen LogP contribution in [0, 0.1) is 10.8 Å². The Hall–Kier alpha value is -0.850. The van der Waals surface area contributed by atoms with Crippen LogP contribution in [0.5, 0.6) is 0 Å². The Morgan fingerprint density at radius 2 is 1.96 bits per heavy atom. The van der Waals surface area contributed by atoms with Crippen molar-refractivity contribution in [3.63, 3.8) is 0 Å². The topological polar surface area (TPSA) is 124 Å². The standard InChI is InChI=1S/C11H14F2O8S2/c1-9-3-5-10(2,4-9)7(21-22(5,15)16)6(9)20-8(14)11(12,13)23(17,18)19/h5-7H,3-4H2,1-2H3,(H,17,18,19). The number of esters is 1. The van der Waals surface area contributed by atoms with E-state index in [2.05, 4.69) is 4.74 Å². The molecule has 3 rings (SSSR count). The molecular weight excluding hydrogens is 362 g/mol. The fraction of sp³-hybridized carbons (Fsp3) is 0.909. The summed E-state index contributed by atoms with van der Waals surface area (Å²) < 4.78 is 89.9. The predicted molar refractivity (Wildman–Crippen MR) is 69.4 cm³/mol. The van der Waals surface area contributed by atoms with Crippen molar-refractivity contribution in [1.82, 2.24) is 0 Å². The summed E-state index contributed by atoms with van der Waals surface area (Å²) in [5.74, 6) is -2.45. The van der Waals surface area contributed by atoms with Crippen LogP contribution in [-0.4, -0.2) is 50.1 Å². The van der Waals surface area contributed by atoms with E-state index in [0.29, 0.717) is 0 Å². The summed E-state index contributed by atoms with van der Waals surface area (Å²) in [5, 5.41) is -5.95. The highest BCUT2D eigenvalue weighted by atomic mass is 32.2. The lowest BCUT2D eigenvalue weighted by molar-refractivity contribution is -0.179. The third-order valence-electron chi connectivity index (χ3n) is 5.17. The highest BCUT2D eigenvalue weighted by Gasteiger charge is 2.76. The molecule has 5 atom stereocenters. The quantitative estimate of drug-likeness (QED) is 0.424. The van der Waals surface area contributed by atoms with Crippen LogP contribution in [0.15, 0.2) is 0 Å². The van der Waals surface area contributed by atoms with E-state index in [9.17, 15) is 30.4 Å². The lowest BCUT2D eigenvalue weighted by atomic mass is 9.79. The van der Waals surface area contributed by atoms with Gasteiger partial charge in [0.1, 0.15) is 12.2 Å². The van der Waals surface area contributed by atoms with Crippen LogP contribution in [0.1, 0.15) is 26.7 Å². The Balaban J connectivity index is 1.94. The second kappa shape index (κ2) is 4.21. The first kappa shape index (κ1) is 17.0. The first-order valence-corrected chi connectivity index (χ1v) is 9.54. The Labute approximate surface area is 131 Å². The van der Waals surface area contributed by atoms with E-state index in [4.69, 9.17) is 8.74 Å². The molecule has 1 aliphatic heterocycles. The van der Waals surface area contributed by atoms with Gasteiger partial charge in [-0.2, -0.15) is 25.6 Å². The van der Waals surface area contributed by atoms with E-state index in [1.165, 1.54) is 0 Å². The molecule has 1 N–H and O–H groups in total. The van der Waals surface area contributed by atoms with Crippen LogP contribution in [0.4, 0.5) is 8.78 Å². The number of fused-ring (bicyclic) bond motifs is 1. The van der Waals surface area contributed by atoms with E-state index in [1.807, 2.05) is 0 Å². The van der Waals surface area contributed by atoms with Gasteiger partial charge in [0.25, 0.3) is 10.1 Å². The van der Waals surface area contributed by atoms with Crippen LogP contribution in [0.2, 0.25) is 0 Å². The molecule has 0 aromatic heterocycles. The molecule has 23 heavy (non-hydrogen) atoms. The fourth-order valence-corrected chi connectivity index (χ4v) is 6.69. The second-order valence-electron chi connectivity index (χ2n) is 6.86. The van der Waals surface area contributed by atoms with Crippen LogP contribution < -0.4 is 0 Å². The molecule has 8 nitrogen and oxygen atoms in total. The lowest BCUT2D eigenvalue weighted by Crippen LogP contribution is -2.49. The van der Waals surface area contributed by atoms with Gasteiger partial charge in [0.2, 0.25) is 0 Å². The Morgan fingerprint density at radius 3 is 2.48 bits per heavy atom. The van der Waals surface area contributed by atoms with Gasteiger partial charge in [-0.25, -0.2) is 4.79 Å². The molecule has 1 heterocycles. The van der Waals surface area contributed by atoms with Gasteiger partial charge in [0.15, 0.2) is 0 Å². The molecule has 0 spiro atoms. The van der Waals surface area contributed by atoms with Gasteiger partial charge < -0.3 is 4.74 Å². The van der Waals surface area contributed by atoms with E-state index in [-0.39, 0.29) is 12.8 Å². The zero-order valence-electron chi connectivity index (χ0n) is 12.0. The summed E-state index contributed by atoms with van der Waals surface area (Å²) in [6.07, 6.45) is -2.18. The number of carbonyl (C=O) groups excluding carboxylic acids is 1. The van der Waals surface area contributed by atoms with Crippen LogP contribution >= 0.6 is 0 Å². The van der Waals surface area contributed by atoms with Crippen LogP contribution in [0.3, 0.4) is 0 Å². The molecule has 0 aromatic rings. The molecule has 2 saturated carbocycles. The minimum atomic E-state index is -5.99. The summed E-state index contributed by atoms with van der Waals surface area (Å²) in [7, 11) is -9.90. The summed E-state index contributed by atoms with van der Waals surface area (Å²) >= 11 is 0. The predicted octanol–water partition coefficient (Wildman–Crippen LogP) is 0.296. The third kappa shape index (κ3) is 2.01. The first-order valence-electron chi connectivity index (χ1n) is 6.63. The lowest BCUT2D eigenvalue weighted by Gasteiger charge is -2.35. The van der Waals surface area contributed by atoms with Crippen molar-refractivity contribution in [3.8, 4) is 0 Å². The SMILES string of the molecule is CC12CC3C(C)(C1)C(OS3(=O)=O)C2OC(=O)C(F)(F)S(=O)(=O)O. The van der Waals surface area contributed by atoms with Gasteiger partial charge in [-0.15, -0.1) is 0 Å². The summed E-state index contributed by atoms with van der Waals surface area (Å²) in [4.78, 5) is 11.5. The average molecular weight is 376 g/mol. The minimum absolute atomic E-state index is 0.0533. The summed E-state index contributed by atoms with van der Waals surface area (Å²) in [5.41, 5.74) is -1.83. The third-order valence-corrected chi connectivity index (χ3v) is 7.86. The number of carbonyl (C=O) groups is 1. The molecular formula is C11H14F2O8S2. The van der Waals surface area contributed by atoms with Gasteiger partial charge in [-0.05, 0) is 12.8 Å². The van der Waals surface area contributed by atoms with Gasteiger partial charge in [-0.3, -0.25) is 8.74 Å². The molecule has 0 amide bonds. The van der Waals surface area contributed by atoms with E-state index >= 15 is 0 Å². The zero-order valence-corrected chi connectivity index (χ0v) is 13.7. The number of hydrogen-bond acceptors (Lipinski definition) is 7. The number of hydrogen-bond donors (Lipinski definition) is 1. The molecule has 0 radical (unpaired) electrons. The molecule has 3 aliphatic rings. The summed E-state index contributed by atoms with van der Waals surface area (Å²) in [6.45, 7) is 3.17. The van der Waals surface area contributed by atoms with Crippen molar-refractivity contribution in [3.05, 3.63) is 0 Å². The summed E-state index contributed by atoms with van der Waals surface area (Å²) in [6, 6.07) is 0. The van der Waals surface area contributed by atoms with Crippen molar-refractivity contribution in [2.75, 3.05) is 0 Å². The van der Waals surface area contributed by atoms with Gasteiger partial charge in [0, 0.05) is 10.8 Å². The molecule has 3 fully saturated rings. The Bertz CT molecular complexity index is 791. The largest absolute Gasteiger partial charge is 0.465 e. The van der Waals surface area contributed by atoms with Crippen LogP contribution in [-0.2, 0) is 34.0 Å². The number of alkyl halides is 2. The fourth-order valence-electron chi connectivity index (χ4n) is 4.22. The Kier molecular flexibility index (Phi) is 3.11. The molecule has 2 aliphatic carbocycles. The van der Waals surface area contributed by atoms with Gasteiger partial charge in [0.05, 0.1) is 5.25 Å². The Morgan fingerprint density at radius 1 is 1.39 bits per heavy atom. The number of ether oxygens (including phenoxy) is 1. The van der Waals surface area contributed by atoms with Crippen molar-refractivity contribution in [1.29, 1.82) is 0 Å². The minimum Gasteiger partial charge on any atom is -0.454 e. The van der Waals surface area contributed by atoms with Crippen molar-refractivity contribution in [2.45, 2.75) is 49.4 Å². The van der Waals surface area contributed by atoms with Gasteiger partial charge in [-0.1, -0.05) is 13.8 Å². The molecule has 5 unspecified atom stereocenters. The van der Waals surface area contributed by atoms with Crippen LogP contribution in [0.25, 0.3) is 0 Å². The molecule has 1 saturated heterocycles. The first-order chi connectivity index (χ1) is 10.2. The highest BCUT2D eigenvalue weighted by Crippen LogP contribution is 2.68. The maximum atomic E-state index is 13.4. The second-order valence-corrected chi connectivity index (χ2v) is 10.1. The highest BCUT2D eigenvalue weighted by molar-refractivity contribution is 7.88. The maximum absolute atomic E-state index is 13.4. The van der Waals surface area contributed by atoms with E-state index < -0.39 is 59.7 Å². The number of rotatable bonds is 3. The monoisotopic (exact) mass is 376 g/mol. The van der Waals surface area contributed by atoms with Crippen molar-refractivity contribution < 1.29 is 43.9 Å². The zero-order chi connectivity index (χ0) is 17.6. The molecule has 12 heteroatoms. The normalized spacial score (nSPS) is 44.5. The van der Waals surface area contributed by atoms with Crippen molar-refractivity contribution >= 4 is 26.2 Å². The van der Waals surface area contributed by atoms with E-state index in [0.717, 1.165) is 0 Å². The van der Waals surface area contributed by atoms with E-state index in [1.54, 1.807) is 13.8 Å². The van der Waals surface area contributed by atoms with Gasteiger partial charge >= 0.3 is 21.3 Å². The number of halogens is 2. The maximum Gasteiger partial charge on any atom is 0.465 e. The average Bonchev–Trinajstić information content (AvgIpc) is 2.79.